The molecule has 2 fully saturated rings. The Balaban J connectivity index is 1.59. The summed E-state index contributed by atoms with van der Waals surface area (Å²) in [5.41, 5.74) is 2.33. The summed E-state index contributed by atoms with van der Waals surface area (Å²) in [7, 11) is 1.83. The summed E-state index contributed by atoms with van der Waals surface area (Å²) in [6.45, 7) is 13.3. The molecule has 2 heterocycles. The number of morpholine rings is 1. The maximum absolute atomic E-state index is 6.25. The molecular weight excluding hydrogens is 404 g/mol. The summed E-state index contributed by atoms with van der Waals surface area (Å²) in [6.07, 6.45) is 3.45. The molecule has 0 bridgehead atoms. The van der Waals surface area contributed by atoms with Crippen molar-refractivity contribution in [3.05, 3.63) is 29.3 Å². The first-order chi connectivity index (χ1) is 15.6. The van der Waals surface area contributed by atoms with E-state index in [2.05, 4.69) is 59.5 Å². The number of nitrogens with zero attached hydrogens (tertiary/aromatic N) is 2. The molecule has 2 N–H and O–H groups in total. The molecular formula is C25H42N4O3. The van der Waals surface area contributed by atoms with Crippen LogP contribution in [0.15, 0.2) is 23.2 Å². The van der Waals surface area contributed by atoms with Crippen LogP contribution in [0.2, 0.25) is 0 Å². The molecule has 2 aliphatic rings. The Bertz CT molecular complexity index is 711. The quantitative estimate of drug-likeness (QED) is 0.426. The maximum atomic E-state index is 6.25. The SMILES string of the molecule is CCC(CC)C(CNC(=NC)NCc1ccc(C)cc1OC1CCOC1)N1CCOCC1. The van der Waals surface area contributed by atoms with Crippen LogP contribution in [0.4, 0.5) is 0 Å². The number of guanidine groups is 1. The first kappa shape index (κ1) is 24.8. The Labute approximate surface area is 193 Å². The molecule has 32 heavy (non-hydrogen) atoms. The van der Waals surface area contributed by atoms with Crippen molar-refractivity contribution in [3.63, 3.8) is 0 Å². The highest BCUT2D eigenvalue weighted by atomic mass is 16.5. The third-order valence-electron chi connectivity index (χ3n) is 6.66. The molecule has 2 aliphatic heterocycles. The van der Waals surface area contributed by atoms with E-state index >= 15 is 0 Å². The Morgan fingerprint density at radius 3 is 2.59 bits per heavy atom. The van der Waals surface area contributed by atoms with Crippen LogP contribution >= 0.6 is 0 Å². The third kappa shape index (κ3) is 7.09. The van der Waals surface area contributed by atoms with Gasteiger partial charge in [0.05, 0.1) is 26.4 Å². The van der Waals surface area contributed by atoms with Crippen molar-refractivity contribution >= 4 is 5.96 Å². The third-order valence-corrected chi connectivity index (χ3v) is 6.66. The highest BCUT2D eigenvalue weighted by Crippen LogP contribution is 2.24. The fraction of sp³-hybridized carbons (Fsp3) is 0.720. The second-order valence-electron chi connectivity index (χ2n) is 8.81. The average Bonchev–Trinajstić information content (AvgIpc) is 3.33. The Hall–Kier alpha value is -1.83. The second-order valence-corrected chi connectivity index (χ2v) is 8.81. The maximum Gasteiger partial charge on any atom is 0.191 e. The van der Waals surface area contributed by atoms with Crippen molar-refractivity contribution in [2.45, 2.75) is 58.7 Å². The Kier molecular flexibility index (Phi) is 10.1. The summed E-state index contributed by atoms with van der Waals surface area (Å²) >= 11 is 0. The predicted octanol–water partition coefficient (Wildman–Crippen LogP) is 2.96. The molecule has 0 spiro atoms. The number of rotatable bonds is 10. The second kappa shape index (κ2) is 13.0. The predicted molar refractivity (Wildman–Crippen MR) is 129 cm³/mol. The van der Waals surface area contributed by atoms with Gasteiger partial charge in [0.2, 0.25) is 0 Å². The molecule has 2 atom stereocenters. The largest absolute Gasteiger partial charge is 0.488 e. The molecule has 1 aromatic rings. The first-order valence-corrected chi connectivity index (χ1v) is 12.2. The van der Waals surface area contributed by atoms with E-state index in [1.807, 2.05) is 7.05 Å². The summed E-state index contributed by atoms with van der Waals surface area (Å²) in [6, 6.07) is 6.87. The molecule has 7 nitrogen and oxygen atoms in total. The van der Waals surface area contributed by atoms with E-state index in [1.165, 1.54) is 18.4 Å². The van der Waals surface area contributed by atoms with Gasteiger partial charge in [-0.05, 0) is 24.5 Å². The molecule has 0 saturated carbocycles. The molecule has 7 heteroatoms. The van der Waals surface area contributed by atoms with Gasteiger partial charge in [-0.3, -0.25) is 9.89 Å². The van der Waals surface area contributed by atoms with E-state index in [0.29, 0.717) is 25.1 Å². The minimum atomic E-state index is 0.141. The van der Waals surface area contributed by atoms with E-state index in [0.717, 1.165) is 63.1 Å². The van der Waals surface area contributed by atoms with Crippen molar-refractivity contribution in [3.8, 4) is 5.75 Å². The number of nitrogens with one attached hydrogen (secondary N) is 2. The lowest BCUT2D eigenvalue weighted by Crippen LogP contribution is -2.53. The van der Waals surface area contributed by atoms with Gasteiger partial charge in [-0.25, -0.2) is 0 Å². The summed E-state index contributed by atoms with van der Waals surface area (Å²) < 4.78 is 17.3. The van der Waals surface area contributed by atoms with Crippen LogP contribution in [0.5, 0.6) is 5.75 Å². The molecule has 0 aromatic heterocycles. The van der Waals surface area contributed by atoms with Gasteiger partial charge in [-0.1, -0.05) is 38.8 Å². The summed E-state index contributed by atoms with van der Waals surface area (Å²) in [5.74, 6) is 2.42. The van der Waals surface area contributed by atoms with Crippen LogP contribution in [0.25, 0.3) is 0 Å². The standard InChI is InChI=1S/C25H42N4O3/c1-5-20(6-2)23(29-10-13-30-14-11-29)17-28-25(26-4)27-16-21-8-7-19(3)15-24(21)32-22-9-12-31-18-22/h7-8,15,20,22-23H,5-6,9-14,16-18H2,1-4H3,(H2,26,27,28). The van der Waals surface area contributed by atoms with Gasteiger partial charge in [0.25, 0.3) is 0 Å². The van der Waals surface area contributed by atoms with Crippen LogP contribution in [0.1, 0.15) is 44.2 Å². The monoisotopic (exact) mass is 446 g/mol. The van der Waals surface area contributed by atoms with Crippen LogP contribution < -0.4 is 15.4 Å². The van der Waals surface area contributed by atoms with Crippen LogP contribution in [-0.4, -0.2) is 76.1 Å². The zero-order valence-corrected chi connectivity index (χ0v) is 20.4. The molecule has 0 amide bonds. The van der Waals surface area contributed by atoms with E-state index in [4.69, 9.17) is 14.2 Å². The molecule has 0 radical (unpaired) electrons. The summed E-state index contributed by atoms with van der Waals surface area (Å²) in [4.78, 5) is 7.05. The van der Waals surface area contributed by atoms with Gasteiger partial charge in [-0.15, -0.1) is 0 Å². The molecule has 1 aromatic carbocycles. The normalized spacial score (nSPS) is 21.0. The van der Waals surface area contributed by atoms with Gasteiger partial charge in [-0.2, -0.15) is 0 Å². The zero-order chi connectivity index (χ0) is 22.8. The lowest BCUT2D eigenvalue weighted by atomic mass is 9.92. The number of aryl methyl sites for hydroxylation is 1. The number of hydrogen-bond donors (Lipinski definition) is 2. The number of benzene rings is 1. The van der Waals surface area contributed by atoms with E-state index < -0.39 is 0 Å². The molecule has 3 rings (SSSR count). The Morgan fingerprint density at radius 1 is 1.16 bits per heavy atom. The van der Waals surface area contributed by atoms with Crippen molar-refractivity contribution in [2.24, 2.45) is 10.9 Å². The van der Waals surface area contributed by atoms with E-state index in [1.54, 1.807) is 0 Å². The fourth-order valence-electron chi connectivity index (χ4n) is 4.64. The van der Waals surface area contributed by atoms with Crippen LogP contribution in [-0.2, 0) is 16.0 Å². The highest BCUT2D eigenvalue weighted by Gasteiger charge is 2.27. The van der Waals surface area contributed by atoms with Gasteiger partial charge < -0.3 is 24.8 Å². The number of aliphatic imine (C=N–C) groups is 1. The van der Waals surface area contributed by atoms with Gasteiger partial charge in [0.15, 0.2) is 5.96 Å². The van der Waals surface area contributed by atoms with E-state index in [-0.39, 0.29) is 6.10 Å². The topological polar surface area (TPSA) is 67.4 Å². The summed E-state index contributed by atoms with van der Waals surface area (Å²) in [5, 5.41) is 7.07. The zero-order valence-electron chi connectivity index (χ0n) is 20.4. The first-order valence-electron chi connectivity index (χ1n) is 12.2. The van der Waals surface area contributed by atoms with Crippen molar-refractivity contribution in [2.75, 3.05) is 53.1 Å². The van der Waals surface area contributed by atoms with Gasteiger partial charge in [0.1, 0.15) is 11.9 Å². The molecule has 2 unspecified atom stereocenters. The molecule has 180 valence electrons. The van der Waals surface area contributed by atoms with Gasteiger partial charge >= 0.3 is 0 Å². The fourth-order valence-corrected chi connectivity index (χ4v) is 4.64. The Morgan fingerprint density at radius 2 is 1.94 bits per heavy atom. The minimum Gasteiger partial charge on any atom is -0.488 e. The van der Waals surface area contributed by atoms with Crippen LogP contribution in [0.3, 0.4) is 0 Å². The average molecular weight is 447 g/mol. The highest BCUT2D eigenvalue weighted by molar-refractivity contribution is 5.79. The lowest BCUT2D eigenvalue weighted by Gasteiger charge is -2.39. The van der Waals surface area contributed by atoms with Crippen molar-refractivity contribution < 1.29 is 14.2 Å². The molecule has 0 aliphatic carbocycles. The molecule has 2 saturated heterocycles. The van der Waals surface area contributed by atoms with Crippen molar-refractivity contribution in [1.29, 1.82) is 0 Å². The lowest BCUT2D eigenvalue weighted by molar-refractivity contribution is 0.00272. The minimum absolute atomic E-state index is 0.141. The van der Waals surface area contributed by atoms with Crippen molar-refractivity contribution in [1.82, 2.24) is 15.5 Å². The smallest absolute Gasteiger partial charge is 0.191 e. The van der Waals surface area contributed by atoms with Gasteiger partial charge in [0, 0.05) is 51.3 Å². The number of ether oxygens (including phenoxy) is 3. The number of hydrogen-bond acceptors (Lipinski definition) is 5. The van der Waals surface area contributed by atoms with Crippen LogP contribution in [0, 0.1) is 12.8 Å². The van der Waals surface area contributed by atoms with E-state index in [9.17, 15) is 0 Å².